The number of carbonyl (C=O) groups excluding carboxylic acids is 2. The van der Waals surface area contributed by atoms with Crippen molar-refractivity contribution in [2.24, 2.45) is 5.92 Å². The molecular formula is C25H29FN2O2. The monoisotopic (exact) mass is 408 g/mol. The van der Waals surface area contributed by atoms with Crippen molar-refractivity contribution in [3.8, 4) is 0 Å². The molecule has 1 aliphatic heterocycles. The molecule has 0 bridgehead atoms. The molecule has 0 aromatic heterocycles. The summed E-state index contributed by atoms with van der Waals surface area (Å²) < 4.78 is 13.5. The molecule has 2 aliphatic rings. The first-order valence-electron chi connectivity index (χ1n) is 10.9. The van der Waals surface area contributed by atoms with E-state index in [-0.39, 0.29) is 30.2 Å². The largest absolute Gasteiger partial charge is 0.328 e. The molecule has 0 spiro atoms. The van der Waals surface area contributed by atoms with Crippen LogP contribution in [0, 0.1) is 11.7 Å². The van der Waals surface area contributed by atoms with Crippen LogP contribution in [0.15, 0.2) is 54.6 Å². The van der Waals surface area contributed by atoms with E-state index in [4.69, 9.17) is 0 Å². The van der Waals surface area contributed by atoms with Crippen LogP contribution in [-0.4, -0.2) is 40.7 Å². The van der Waals surface area contributed by atoms with E-state index >= 15 is 0 Å². The lowest BCUT2D eigenvalue weighted by molar-refractivity contribution is -0.159. The Morgan fingerprint density at radius 3 is 2.27 bits per heavy atom. The molecule has 0 N–H and O–H groups in total. The predicted octanol–water partition coefficient (Wildman–Crippen LogP) is 4.36. The molecule has 2 aromatic carbocycles. The van der Waals surface area contributed by atoms with Gasteiger partial charge in [-0.25, -0.2) is 4.39 Å². The molecule has 5 heteroatoms. The van der Waals surface area contributed by atoms with Crippen molar-refractivity contribution in [2.45, 2.75) is 51.1 Å². The number of hydrogen-bond acceptors (Lipinski definition) is 2. The molecule has 1 saturated heterocycles. The van der Waals surface area contributed by atoms with Gasteiger partial charge in [0.05, 0.1) is 0 Å². The lowest BCUT2D eigenvalue weighted by Gasteiger charge is -2.45. The zero-order valence-corrected chi connectivity index (χ0v) is 17.5. The SMILES string of the molecule is CC1CCC(N2CC(=O)N(CCc3ccccc3)C(c3ccc(F)cc3)C2=O)CC1. The minimum Gasteiger partial charge on any atom is -0.328 e. The average molecular weight is 409 g/mol. The van der Waals surface area contributed by atoms with E-state index in [9.17, 15) is 14.0 Å². The second-order valence-corrected chi connectivity index (χ2v) is 8.66. The van der Waals surface area contributed by atoms with Gasteiger partial charge in [-0.3, -0.25) is 9.59 Å². The van der Waals surface area contributed by atoms with Crippen LogP contribution in [0.2, 0.25) is 0 Å². The molecule has 4 nitrogen and oxygen atoms in total. The number of piperazine rings is 1. The fourth-order valence-corrected chi connectivity index (χ4v) is 4.73. The minimum absolute atomic E-state index is 0.0292. The molecule has 158 valence electrons. The summed E-state index contributed by atoms with van der Waals surface area (Å²) in [5, 5.41) is 0. The van der Waals surface area contributed by atoms with E-state index in [1.165, 1.54) is 12.1 Å². The Bertz CT molecular complexity index is 876. The Morgan fingerprint density at radius 1 is 0.933 bits per heavy atom. The number of rotatable bonds is 5. The molecule has 1 heterocycles. The van der Waals surface area contributed by atoms with Crippen LogP contribution >= 0.6 is 0 Å². The number of nitrogens with zero attached hydrogens (tertiary/aromatic N) is 2. The van der Waals surface area contributed by atoms with Crippen molar-refractivity contribution in [1.82, 2.24) is 9.80 Å². The van der Waals surface area contributed by atoms with Gasteiger partial charge in [-0.2, -0.15) is 0 Å². The minimum atomic E-state index is -0.685. The summed E-state index contributed by atoms with van der Waals surface area (Å²) in [6.07, 6.45) is 4.74. The van der Waals surface area contributed by atoms with Gasteiger partial charge in [0.25, 0.3) is 5.91 Å². The highest BCUT2D eigenvalue weighted by Gasteiger charge is 2.43. The Balaban J connectivity index is 1.59. The predicted molar refractivity (Wildman–Crippen MR) is 114 cm³/mol. The first-order valence-corrected chi connectivity index (χ1v) is 10.9. The standard InChI is InChI=1S/C25H29FN2O2/c1-18-7-13-22(14-8-18)28-17-23(29)27(16-15-19-5-3-2-4-6-19)24(25(28)30)20-9-11-21(26)12-10-20/h2-6,9-12,18,22,24H,7-8,13-17H2,1H3. The molecule has 1 saturated carbocycles. The quantitative estimate of drug-likeness (QED) is 0.738. The third kappa shape index (κ3) is 4.40. The van der Waals surface area contributed by atoms with Gasteiger partial charge < -0.3 is 9.80 Å². The lowest BCUT2D eigenvalue weighted by atomic mass is 9.85. The Labute approximate surface area is 177 Å². The molecule has 2 fully saturated rings. The van der Waals surface area contributed by atoms with Gasteiger partial charge in [-0.1, -0.05) is 49.4 Å². The summed E-state index contributed by atoms with van der Waals surface area (Å²) in [6, 6.07) is 15.4. The van der Waals surface area contributed by atoms with Crippen molar-refractivity contribution in [3.05, 3.63) is 71.5 Å². The summed E-state index contributed by atoms with van der Waals surface area (Å²) in [6.45, 7) is 2.85. The first kappa shape index (κ1) is 20.6. The maximum absolute atomic E-state index is 13.6. The maximum Gasteiger partial charge on any atom is 0.250 e. The third-order valence-electron chi connectivity index (χ3n) is 6.55. The van der Waals surface area contributed by atoms with Crippen LogP contribution in [0.25, 0.3) is 0 Å². The van der Waals surface area contributed by atoms with Gasteiger partial charge in [-0.05, 0) is 61.3 Å². The van der Waals surface area contributed by atoms with Crippen LogP contribution in [0.4, 0.5) is 4.39 Å². The van der Waals surface area contributed by atoms with E-state index in [2.05, 4.69) is 6.92 Å². The number of carbonyl (C=O) groups is 2. The third-order valence-corrected chi connectivity index (χ3v) is 6.55. The average Bonchev–Trinajstić information content (AvgIpc) is 2.76. The number of hydrogen-bond donors (Lipinski definition) is 0. The van der Waals surface area contributed by atoms with Crippen molar-refractivity contribution >= 4 is 11.8 Å². The molecule has 1 atom stereocenters. The van der Waals surface area contributed by atoms with Gasteiger partial charge in [0.15, 0.2) is 0 Å². The van der Waals surface area contributed by atoms with Crippen molar-refractivity contribution in [1.29, 1.82) is 0 Å². The highest BCUT2D eigenvalue weighted by Crippen LogP contribution is 2.34. The van der Waals surface area contributed by atoms with Gasteiger partial charge in [0.2, 0.25) is 5.91 Å². The zero-order chi connectivity index (χ0) is 21.1. The molecule has 1 unspecified atom stereocenters. The second-order valence-electron chi connectivity index (χ2n) is 8.66. The zero-order valence-electron chi connectivity index (χ0n) is 17.5. The van der Waals surface area contributed by atoms with Crippen LogP contribution in [0.5, 0.6) is 0 Å². The highest BCUT2D eigenvalue weighted by molar-refractivity contribution is 5.95. The Kier molecular flexibility index (Phi) is 6.16. The normalized spacial score (nSPS) is 24.9. The smallest absolute Gasteiger partial charge is 0.250 e. The fourth-order valence-electron chi connectivity index (χ4n) is 4.73. The molecular weight excluding hydrogens is 379 g/mol. The van der Waals surface area contributed by atoms with E-state index in [1.807, 2.05) is 30.3 Å². The Hall–Kier alpha value is -2.69. The van der Waals surface area contributed by atoms with Gasteiger partial charge in [-0.15, -0.1) is 0 Å². The highest BCUT2D eigenvalue weighted by atomic mass is 19.1. The molecule has 30 heavy (non-hydrogen) atoms. The summed E-state index contributed by atoms with van der Waals surface area (Å²) >= 11 is 0. The molecule has 1 aliphatic carbocycles. The summed E-state index contributed by atoms with van der Waals surface area (Å²) in [5.41, 5.74) is 1.80. The number of halogens is 1. The molecule has 2 aromatic rings. The van der Waals surface area contributed by atoms with Crippen molar-refractivity contribution in [3.63, 3.8) is 0 Å². The Morgan fingerprint density at radius 2 is 1.60 bits per heavy atom. The van der Waals surface area contributed by atoms with E-state index in [0.717, 1.165) is 31.2 Å². The van der Waals surface area contributed by atoms with Gasteiger partial charge in [0, 0.05) is 12.6 Å². The molecule has 4 rings (SSSR count). The first-order chi connectivity index (χ1) is 14.5. The van der Waals surface area contributed by atoms with Crippen LogP contribution in [-0.2, 0) is 16.0 Å². The van der Waals surface area contributed by atoms with E-state index < -0.39 is 6.04 Å². The van der Waals surface area contributed by atoms with E-state index in [1.54, 1.807) is 21.9 Å². The van der Waals surface area contributed by atoms with Crippen LogP contribution in [0.3, 0.4) is 0 Å². The maximum atomic E-state index is 13.6. The number of benzene rings is 2. The van der Waals surface area contributed by atoms with Crippen molar-refractivity contribution in [2.75, 3.05) is 13.1 Å². The topological polar surface area (TPSA) is 40.6 Å². The van der Waals surface area contributed by atoms with Gasteiger partial charge >= 0.3 is 0 Å². The summed E-state index contributed by atoms with van der Waals surface area (Å²) in [7, 11) is 0. The second kappa shape index (κ2) is 8.99. The number of amides is 2. The fraction of sp³-hybridized carbons (Fsp3) is 0.440. The molecule has 0 radical (unpaired) electrons. The van der Waals surface area contributed by atoms with Gasteiger partial charge in [0.1, 0.15) is 18.4 Å². The van der Waals surface area contributed by atoms with Crippen molar-refractivity contribution < 1.29 is 14.0 Å². The lowest BCUT2D eigenvalue weighted by Crippen LogP contribution is -2.59. The van der Waals surface area contributed by atoms with Crippen LogP contribution < -0.4 is 0 Å². The molecule has 2 amide bonds. The van der Waals surface area contributed by atoms with Crippen LogP contribution in [0.1, 0.15) is 49.8 Å². The van der Waals surface area contributed by atoms with E-state index in [0.29, 0.717) is 24.4 Å². The summed E-state index contributed by atoms with van der Waals surface area (Å²) in [4.78, 5) is 30.3. The summed E-state index contributed by atoms with van der Waals surface area (Å²) in [5.74, 6) is 0.265.